The van der Waals surface area contributed by atoms with Crippen molar-refractivity contribution in [2.75, 3.05) is 0 Å². The van der Waals surface area contributed by atoms with Crippen LogP contribution in [0, 0.1) is 0 Å². The lowest BCUT2D eigenvalue weighted by Gasteiger charge is -2.03. The molecule has 0 saturated carbocycles. The van der Waals surface area contributed by atoms with Crippen molar-refractivity contribution >= 4 is 161 Å². The molecular weight excluding hydrogens is 1320 g/mol. The minimum absolute atomic E-state index is 0.820. The largest absolute Gasteiger partial charge is 0.621 e. The maximum absolute atomic E-state index is 6.58. The molecule has 0 fully saturated rings. The van der Waals surface area contributed by atoms with E-state index in [0.29, 0.717) is 0 Å². The first-order valence-corrected chi connectivity index (χ1v) is 36.1. The van der Waals surface area contributed by atoms with Gasteiger partial charge in [0.05, 0.1) is 26.9 Å². The fourth-order valence-electron chi connectivity index (χ4n) is 18.7. The maximum Gasteiger partial charge on any atom is 0.621 e. The van der Waals surface area contributed by atoms with E-state index in [0.717, 1.165) is 88.6 Å². The molecule has 107 heavy (non-hydrogen) atoms. The molecule has 18 heterocycles. The van der Waals surface area contributed by atoms with Gasteiger partial charge >= 0.3 is 82.8 Å². The standard InChI is InChI=1S/C21H16N4.C20H13BN4.C16H13N3.C15H10BN3.C14H9BN4/c1-23-20(14-7-3-2-4-8-14)24-13-15-9-5-10-16-17-11-6-12-22-19(17)25(23)21(24)18(15)16;21-25-19(13-6-2-1-3-7-13)23-12-14-8-4-9-15-16-10-5-11-22-18(16)24(25)20(23)17(14)15;1-17-10-18-9-11-5-4-7-13-12-6-2-3-8-14(12)19(17)16(18)15(11)13;16-18-9-17-8-10-4-3-6-12-11-5-1-2-7-13(11)19(18)15(17)14(10)12;15-18-8-17-7-9-3-1-4-10-11-5-2-6-16-13(11)19(18)14(17)12(9)10/h2-12H,13H2,1H3;1-11H,12H2;2-8,10H,9H2,1H3;1-7,9H,8H2;1-6,8H,7H2/q5*+2. The molecule has 0 saturated heterocycles. The highest BCUT2D eigenvalue weighted by molar-refractivity contribution is 6.16. The van der Waals surface area contributed by atoms with Crippen LogP contribution in [0.4, 0.5) is 0 Å². The van der Waals surface area contributed by atoms with E-state index in [1.807, 2.05) is 70.5 Å². The van der Waals surface area contributed by atoms with Crippen LogP contribution >= 0.6 is 0 Å². The van der Waals surface area contributed by atoms with E-state index in [1.165, 1.54) is 132 Å². The number of aryl methyl sites for hydroxylation is 2. The molecule has 0 unspecified atom stereocenters. The van der Waals surface area contributed by atoms with Gasteiger partial charge in [0.25, 0.3) is 0 Å². The van der Waals surface area contributed by atoms with Crippen LogP contribution in [-0.4, -0.2) is 61.5 Å². The highest BCUT2D eigenvalue weighted by Crippen LogP contribution is 2.39. The highest BCUT2D eigenvalue weighted by Gasteiger charge is 2.44. The normalized spacial score (nSPS) is 13.1. The summed E-state index contributed by atoms with van der Waals surface area (Å²) < 4.78 is 31.5. The van der Waals surface area contributed by atoms with E-state index in [-0.39, 0.29) is 0 Å². The zero-order chi connectivity index (χ0) is 70.8. The van der Waals surface area contributed by atoms with Crippen LogP contribution in [0.15, 0.2) is 274 Å². The topological polar surface area (TPSA) is 99.5 Å². The summed E-state index contributed by atoms with van der Waals surface area (Å²) in [5, 5.41) is 19.1. The second-order valence-corrected chi connectivity index (χ2v) is 28.5. The van der Waals surface area contributed by atoms with Gasteiger partial charge in [-0.15, -0.1) is 36.6 Å². The Morgan fingerprint density at radius 3 is 1.14 bits per heavy atom. The average Bonchev–Trinajstić information content (AvgIpc) is 1.56. The summed E-state index contributed by atoms with van der Waals surface area (Å²) in [6, 6.07) is 83.1. The summed E-state index contributed by atoms with van der Waals surface area (Å²) in [7, 11) is 23.0. The van der Waals surface area contributed by atoms with Crippen molar-refractivity contribution in [3.05, 3.63) is 302 Å². The van der Waals surface area contributed by atoms with Crippen molar-refractivity contribution in [1.82, 2.24) is 37.5 Å². The van der Waals surface area contributed by atoms with Crippen LogP contribution in [0.5, 0.6) is 0 Å². The summed E-state index contributed by atoms with van der Waals surface area (Å²) in [5.74, 6) is 2.19. The Bertz CT molecular complexity index is 7090. The smallest absolute Gasteiger partial charge is 0.233 e. The number of para-hydroxylation sites is 2. The zero-order valence-electron chi connectivity index (χ0n) is 58.3. The molecule has 6 radical (unpaired) electrons. The van der Waals surface area contributed by atoms with Crippen molar-refractivity contribution in [2.24, 2.45) is 14.1 Å². The van der Waals surface area contributed by atoms with E-state index in [2.05, 4.69) is 276 Å². The first kappa shape index (κ1) is 59.8. The van der Waals surface area contributed by atoms with Gasteiger partial charge in [-0.3, -0.25) is 0 Å². The molecule has 9 aromatic carbocycles. The van der Waals surface area contributed by atoms with Crippen LogP contribution in [0.1, 0.15) is 27.8 Å². The first-order valence-electron chi connectivity index (χ1n) is 36.1. The van der Waals surface area contributed by atoms with E-state index >= 15 is 0 Å². The number of pyridine rings is 8. The zero-order valence-corrected chi connectivity index (χ0v) is 58.3. The Kier molecular flexibility index (Phi) is 12.4. The summed E-state index contributed by atoms with van der Waals surface area (Å²) in [4.78, 5) is 13.9. The van der Waals surface area contributed by atoms with Crippen molar-refractivity contribution in [3.63, 3.8) is 0 Å². The molecular formula is C86H61B3N18+10. The van der Waals surface area contributed by atoms with Gasteiger partial charge in [0.1, 0.15) is 22.2 Å². The van der Waals surface area contributed by atoms with Crippen LogP contribution in [-0.2, 0) is 46.8 Å². The molecule has 494 valence electrons. The van der Waals surface area contributed by atoms with E-state index in [1.54, 1.807) is 20.0 Å². The Labute approximate surface area is 612 Å². The molecule has 18 nitrogen and oxygen atoms in total. The fraction of sp³-hybridized carbons (Fsp3) is 0.0814. The molecule has 0 amide bonds. The highest BCUT2D eigenvalue weighted by atomic mass is 15.5. The number of fused-ring (bicyclic) bond motifs is 15. The number of rotatable bonds is 2. The van der Waals surface area contributed by atoms with Crippen LogP contribution < -0.4 is 46.0 Å². The molecule has 0 N–H and O–H groups in total. The Morgan fingerprint density at radius 2 is 0.636 bits per heavy atom. The monoisotopic (exact) mass is 1380 g/mol. The minimum Gasteiger partial charge on any atom is -0.233 e. The lowest BCUT2D eigenvalue weighted by Crippen LogP contribution is -2.45. The van der Waals surface area contributed by atoms with Crippen molar-refractivity contribution in [1.29, 1.82) is 0 Å². The molecule has 0 atom stereocenters. The summed E-state index contributed by atoms with van der Waals surface area (Å²) >= 11 is 0. The molecule has 21 heteroatoms. The van der Waals surface area contributed by atoms with Gasteiger partial charge in [0.2, 0.25) is 16.9 Å². The number of aromatic nitrogens is 18. The summed E-state index contributed by atoms with van der Waals surface area (Å²) in [6.07, 6.45) is 11.6. The van der Waals surface area contributed by atoms with Crippen LogP contribution in [0.3, 0.4) is 0 Å². The Balaban J connectivity index is 0.0000000815. The molecule has 13 aromatic heterocycles. The Hall–Kier alpha value is -13.7. The van der Waals surface area contributed by atoms with Crippen molar-refractivity contribution < 1.29 is 46.0 Å². The lowest BCUT2D eigenvalue weighted by molar-refractivity contribution is -0.800. The number of hydrogen-bond acceptors (Lipinski definition) is 3. The second kappa shape index (κ2) is 22.2. The van der Waals surface area contributed by atoms with Crippen molar-refractivity contribution in [3.8, 4) is 22.8 Å². The third kappa shape index (κ3) is 8.19. The van der Waals surface area contributed by atoms with E-state index < -0.39 is 0 Å². The van der Waals surface area contributed by atoms with Gasteiger partial charge in [-0.25, -0.2) is 15.0 Å². The third-order valence-corrected chi connectivity index (χ3v) is 22.8. The minimum atomic E-state index is 0.820. The van der Waals surface area contributed by atoms with E-state index in [4.69, 9.17) is 28.9 Å². The SMILES string of the molecule is C[n+]1c(-c2ccccc2)[n+]2c3c4c(cccc4c4cccnc4n31)C2.C[n+]1c[n+]2c3c4c(cccc4c4ccccc4n31)C2.[B][n+]1c(-c2ccccc2)[n+]2c3c4c(cccc4c4cccnc4n31)C2.[B][n+]1c[n+]2c3c4c(cccc4c4ccccc4n31)C2.[B][n+]1c[n+]2c3c4c(cccc4c4cccnc4n31)C2. The number of hydrogen-bond donors (Lipinski definition) is 0. The van der Waals surface area contributed by atoms with Crippen LogP contribution in [0.2, 0.25) is 0 Å². The fourth-order valence-corrected chi connectivity index (χ4v) is 18.7. The number of nitrogens with zero attached hydrogens (tertiary/aromatic N) is 18. The number of benzene rings is 9. The quantitative estimate of drug-likeness (QED) is 0.0990. The van der Waals surface area contributed by atoms with Gasteiger partial charge in [0.15, 0.2) is 46.8 Å². The molecule has 0 aliphatic carbocycles. The lowest BCUT2D eigenvalue weighted by atomic mass is 10.0. The maximum atomic E-state index is 6.58. The Morgan fingerprint density at radius 1 is 0.290 bits per heavy atom. The molecule has 0 spiro atoms. The average molecular weight is 1380 g/mol. The van der Waals surface area contributed by atoms with Crippen LogP contribution in [0.25, 0.3) is 160 Å². The first-order chi connectivity index (χ1) is 52.7. The van der Waals surface area contributed by atoms with Crippen molar-refractivity contribution in [2.45, 2.75) is 32.7 Å². The summed E-state index contributed by atoms with van der Waals surface area (Å²) in [6.45, 7) is 4.47. The predicted octanol–water partition coefficient (Wildman–Crippen LogP) is 8.30. The van der Waals surface area contributed by atoms with E-state index in [9.17, 15) is 0 Å². The van der Waals surface area contributed by atoms with Gasteiger partial charge in [-0.2, -0.15) is 0 Å². The third-order valence-electron chi connectivity index (χ3n) is 22.8. The molecule has 0 bridgehead atoms. The van der Waals surface area contributed by atoms with Gasteiger partial charge in [-0.1, -0.05) is 182 Å². The van der Waals surface area contributed by atoms with Gasteiger partial charge < -0.3 is 0 Å². The second-order valence-electron chi connectivity index (χ2n) is 28.5. The summed E-state index contributed by atoms with van der Waals surface area (Å²) in [5.41, 5.74) is 20.3. The predicted molar refractivity (Wildman–Crippen MR) is 409 cm³/mol. The van der Waals surface area contributed by atoms with Gasteiger partial charge in [-0.05, 0) is 86.7 Å². The molecule has 5 aliphatic rings. The molecule has 5 aliphatic heterocycles. The molecule has 27 rings (SSSR count). The van der Waals surface area contributed by atoms with Gasteiger partial charge in [0, 0.05) is 100 Å². The molecule has 22 aromatic rings.